The number of amides is 1. The monoisotopic (exact) mass is 280 g/mol. The second-order valence-electron chi connectivity index (χ2n) is 5.68. The fourth-order valence-corrected chi connectivity index (χ4v) is 2.98. The molecule has 2 aromatic carbocycles. The van der Waals surface area contributed by atoms with Crippen molar-refractivity contribution in [1.29, 1.82) is 0 Å². The lowest BCUT2D eigenvalue weighted by Gasteiger charge is -2.11. The molecule has 0 aromatic heterocycles. The van der Waals surface area contributed by atoms with E-state index in [9.17, 15) is 4.79 Å². The van der Waals surface area contributed by atoms with E-state index >= 15 is 0 Å². The van der Waals surface area contributed by atoms with Crippen molar-refractivity contribution in [3.8, 4) is 0 Å². The van der Waals surface area contributed by atoms with Crippen LogP contribution >= 0.6 is 0 Å². The van der Waals surface area contributed by atoms with Gasteiger partial charge in [0.25, 0.3) is 5.91 Å². The van der Waals surface area contributed by atoms with Gasteiger partial charge in [-0.25, -0.2) is 0 Å². The van der Waals surface area contributed by atoms with Gasteiger partial charge in [0.2, 0.25) is 0 Å². The van der Waals surface area contributed by atoms with Gasteiger partial charge in [-0.2, -0.15) is 0 Å². The lowest BCUT2D eigenvalue weighted by molar-refractivity contribution is 0.102. The summed E-state index contributed by atoms with van der Waals surface area (Å²) in [6.45, 7) is 0. The van der Waals surface area contributed by atoms with Crippen LogP contribution in [0.2, 0.25) is 0 Å². The molecule has 0 atom stereocenters. The maximum atomic E-state index is 12.1. The van der Waals surface area contributed by atoms with Crippen LogP contribution in [0.25, 0.3) is 0 Å². The highest BCUT2D eigenvalue weighted by atomic mass is 16.1. The third-order valence-electron chi connectivity index (χ3n) is 4.14. The molecule has 21 heavy (non-hydrogen) atoms. The van der Waals surface area contributed by atoms with E-state index in [0.717, 1.165) is 5.69 Å². The fraction of sp³-hybridized carbons (Fsp3) is 0.278. The highest BCUT2D eigenvalue weighted by molar-refractivity contribution is 6.04. The van der Waals surface area contributed by atoms with Gasteiger partial charge < -0.3 is 11.1 Å². The Kier molecular flexibility index (Phi) is 3.91. The SMILES string of the molecule is Nc1cccc(C(=O)Nc2ccc(C3CCCC3)cc2)c1. The Hall–Kier alpha value is -2.29. The fourth-order valence-electron chi connectivity index (χ4n) is 2.98. The normalized spacial score (nSPS) is 15.0. The van der Waals surface area contributed by atoms with Gasteiger partial charge in [-0.05, 0) is 54.7 Å². The second kappa shape index (κ2) is 6.00. The number of nitrogens with two attached hydrogens (primary N) is 1. The summed E-state index contributed by atoms with van der Waals surface area (Å²) in [6, 6.07) is 15.2. The molecule has 1 aliphatic rings. The zero-order valence-electron chi connectivity index (χ0n) is 12.0. The Labute approximate surface area is 125 Å². The Balaban J connectivity index is 1.68. The van der Waals surface area contributed by atoms with E-state index in [2.05, 4.69) is 17.4 Å². The van der Waals surface area contributed by atoms with E-state index < -0.39 is 0 Å². The van der Waals surface area contributed by atoms with E-state index in [4.69, 9.17) is 5.73 Å². The average Bonchev–Trinajstić information content (AvgIpc) is 3.02. The van der Waals surface area contributed by atoms with Crippen LogP contribution in [-0.4, -0.2) is 5.91 Å². The van der Waals surface area contributed by atoms with Crippen LogP contribution in [0.3, 0.4) is 0 Å². The summed E-state index contributed by atoms with van der Waals surface area (Å²) in [5, 5.41) is 2.91. The third kappa shape index (κ3) is 3.24. The molecule has 0 unspecified atom stereocenters. The first kappa shape index (κ1) is 13.7. The molecule has 0 bridgehead atoms. The van der Waals surface area contributed by atoms with E-state index in [1.165, 1.54) is 31.2 Å². The molecule has 3 nitrogen and oxygen atoms in total. The number of hydrogen-bond acceptors (Lipinski definition) is 2. The Morgan fingerprint density at radius 3 is 2.43 bits per heavy atom. The van der Waals surface area contributed by atoms with Gasteiger partial charge >= 0.3 is 0 Å². The van der Waals surface area contributed by atoms with Crippen LogP contribution in [0, 0.1) is 0 Å². The van der Waals surface area contributed by atoms with Crippen molar-refractivity contribution < 1.29 is 4.79 Å². The molecular formula is C18H20N2O. The van der Waals surface area contributed by atoms with Crippen LogP contribution in [-0.2, 0) is 0 Å². The van der Waals surface area contributed by atoms with Crippen molar-refractivity contribution in [2.24, 2.45) is 0 Å². The minimum absolute atomic E-state index is 0.129. The van der Waals surface area contributed by atoms with Gasteiger partial charge in [-0.1, -0.05) is 31.0 Å². The maximum absolute atomic E-state index is 12.1. The molecule has 0 aliphatic heterocycles. The summed E-state index contributed by atoms with van der Waals surface area (Å²) in [5.74, 6) is 0.569. The van der Waals surface area contributed by atoms with Gasteiger partial charge in [0.15, 0.2) is 0 Å². The lowest BCUT2D eigenvalue weighted by atomic mass is 9.97. The number of carbonyl (C=O) groups is 1. The Morgan fingerprint density at radius 2 is 1.76 bits per heavy atom. The van der Waals surface area contributed by atoms with Crippen LogP contribution < -0.4 is 11.1 Å². The smallest absolute Gasteiger partial charge is 0.255 e. The average molecular weight is 280 g/mol. The molecule has 1 fully saturated rings. The largest absolute Gasteiger partial charge is 0.399 e. The van der Waals surface area contributed by atoms with Crippen LogP contribution in [0.4, 0.5) is 11.4 Å². The maximum Gasteiger partial charge on any atom is 0.255 e. The number of carbonyl (C=O) groups excluding carboxylic acids is 1. The van der Waals surface area contributed by atoms with E-state index in [1.807, 2.05) is 12.1 Å². The van der Waals surface area contributed by atoms with Crippen molar-refractivity contribution >= 4 is 17.3 Å². The van der Waals surface area contributed by atoms with Crippen molar-refractivity contribution in [3.05, 3.63) is 59.7 Å². The summed E-state index contributed by atoms with van der Waals surface area (Å²) in [5.41, 5.74) is 9.08. The molecule has 3 N–H and O–H groups in total. The number of rotatable bonds is 3. The molecule has 1 amide bonds. The van der Waals surface area contributed by atoms with Crippen LogP contribution in [0.1, 0.15) is 47.5 Å². The number of benzene rings is 2. The Morgan fingerprint density at radius 1 is 1.05 bits per heavy atom. The van der Waals surface area contributed by atoms with E-state index in [0.29, 0.717) is 17.2 Å². The number of nitrogen functional groups attached to an aromatic ring is 1. The molecular weight excluding hydrogens is 260 g/mol. The summed E-state index contributed by atoms with van der Waals surface area (Å²) in [6.07, 6.45) is 5.24. The molecule has 3 rings (SSSR count). The molecule has 1 saturated carbocycles. The first-order valence-corrected chi connectivity index (χ1v) is 7.49. The molecule has 0 spiro atoms. The van der Waals surface area contributed by atoms with Crippen LogP contribution in [0.5, 0.6) is 0 Å². The minimum atomic E-state index is -0.129. The van der Waals surface area contributed by atoms with Gasteiger partial charge in [0.05, 0.1) is 0 Å². The third-order valence-corrected chi connectivity index (χ3v) is 4.14. The summed E-state index contributed by atoms with van der Waals surface area (Å²) in [7, 11) is 0. The first-order chi connectivity index (χ1) is 10.2. The highest BCUT2D eigenvalue weighted by Gasteiger charge is 2.16. The highest BCUT2D eigenvalue weighted by Crippen LogP contribution is 2.34. The first-order valence-electron chi connectivity index (χ1n) is 7.49. The zero-order chi connectivity index (χ0) is 14.7. The van der Waals surface area contributed by atoms with Crippen molar-refractivity contribution in [3.63, 3.8) is 0 Å². The Bertz CT molecular complexity index is 628. The molecule has 0 radical (unpaired) electrons. The molecule has 0 heterocycles. The summed E-state index contributed by atoms with van der Waals surface area (Å²) in [4.78, 5) is 12.1. The quantitative estimate of drug-likeness (QED) is 0.829. The van der Waals surface area contributed by atoms with E-state index in [-0.39, 0.29) is 5.91 Å². The number of nitrogens with one attached hydrogen (secondary N) is 1. The number of anilines is 2. The molecule has 3 heteroatoms. The summed E-state index contributed by atoms with van der Waals surface area (Å²) >= 11 is 0. The number of hydrogen-bond donors (Lipinski definition) is 2. The molecule has 108 valence electrons. The molecule has 2 aromatic rings. The van der Waals surface area contributed by atoms with Gasteiger partial charge in [-0.15, -0.1) is 0 Å². The van der Waals surface area contributed by atoms with E-state index in [1.54, 1.807) is 24.3 Å². The topological polar surface area (TPSA) is 55.1 Å². The predicted octanol–water partition coefficient (Wildman–Crippen LogP) is 4.18. The van der Waals surface area contributed by atoms with Crippen molar-refractivity contribution in [2.45, 2.75) is 31.6 Å². The molecule has 0 saturated heterocycles. The standard InChI is InChI=1S/C18H20N2O/c19-16-7-3-6-15(12-16)18(21)20-17-10-8-14(9-11-17)13-4-1-2-5-13/h3,6-13H,1-2,4-5,19H2,(H,20,21). The van der Waals surface area contributed by atoms with Crippen molar-refractivity contribution in [1.82, 2.24) is 0 Å². The van der Waals surface area contributed by atoms with Gasteiger partial charge in [0.1, 0.15) is 0 Å². The van der Waals surface area contributed by atoms with Gasteiger partial charge in [-0.3, -0.25) is 4.79 Å². The lowest BCUT2D eigenvalue weighted by Crippen LogP contribution is -2.12. The van der Waals surface area contributed by atoms with Gasteiger partial charge in [0, 0.05) is 16.9 Å². The van der Waals surface area contributed by atoms with Crippen LogP contribution in [0.15, 0.2) is 48.5 Å². The summed E-state index contributed by atoms with van der Waals surface area (Å²) < 4.78 is 0. The molecule has 1 aliphatic carbocycles. The second-order valence-corrected chi connectivity index (χ2v) is 5.68. The zero-order valence-corrected chi connectivity index (χ0v) is 12.0. The van der Waals surface area contributed by atoms with Crippen molar-refractivity contribution in [2.75, 3.05) is 11.1 Å². The minimum Gasteiger partial charge on any atom is -0.399 e. The predicted molar refractivity (Wildman–Crippen MR) is 86.5 cm³/mol.